The van der Waals surface area contributed by atoms with Crippen LogP contribution in [-0.4, -0.2) is 12.6 Å². The molecule has 0 aromatic heterocycles. The number of esters is 1. The predicted molar refractivity (Wildman–Crippen MR) is 94.1 cm³/mol. The van der Waals surface area contributed by atoms with Gasteiger partial charge in [-0.05, 0) is 68.6 Å². The minimum Gasteiger partial charge on any atom is -0.465 e. The van der Waals surface area contributed by atoms with Crippen molar-refractivity contribution in [3.05, 3.63) is 0 Å². The first-order valence-electron chi connectivity index (χ1n) is 10.4. The van der Waals surface area contributed by atoms with Gasteiger partial charge in [0.1, 0.15) is 0 Å². The van der Waals surface area contributed by atoms with E-state index in [0.29, 0.717) is 12.5 Å². The molecule has 3 aliphatic carbocycles. The molecule has 3 aliphatic rings. The lowest BCUT2D eigenvalue weighted by molar-refractivity contribution is -0.152. The summed E-state index contributed by atoms with van der Waals surface area (Å²) in [5.41, 5.74) is 0. The van der Waals surface area contributed by atoms with Gasteiger partial charge in [-0.25, -0.2) is 0 Å². The van der Waals surface area contributed by atoms with Gasteiger partial charge in [0.2, 0.25) is 0 Å². The highest BCUT2D eigenvalue weighted by Gasteiger charge is 2.33. The summed E-state index contributed by atoms with van der Waals surface area (Å²) in [5.74, 6) is 3.72. The maximum absolute atomic E-state index is 12.4. The number of carbonyl (C=O) groups is 1. The minimum absolute atomic E-state index is 0.117. The smallest absolute Gasteiger partial charge is 0.308 e. The fraction of sp³-hybridized carbons (Fsp3) is 0.952. The van der Waals surface area contributed by atoms with Crippen LogP contribution in [0.4, 0.5) is 0 Å². The summed E-state index contributed by atoms with van der Waals surface area (Å²) in [7, 11) is 0. The Morgan fingerprint density at radius 2 is 1.57 bits per heavy atom. The fourth-order valence-electron chi connectivity index (χ4n) is 5.41. The van der Waals surface area contributed by atoms with Gasteiger partial charge in [-0.15, -0.1) is 0 Å². The largest absolute Gasteiger partial charge is 0.465 e. The van der Waals surface area contributed by atoms with E-state index in [-0.39, 0.29) is 11.9 Å². The van der Waals surface area contributed by atoms with Gasteiger partial charge >= 0.3 is 5.97 Å². The van der Waals surface area contributed by atoms with Crippen molar-refractivity contribution in [1.29, 1.82) is 0 Å². The highest BCUT2D eigenvalue weighted by Crippen LogP contribution is 2.41. The fourth-order valence-corrected chi connectivity index (χ4v) is 5.41. The van der Waals surface area contributed by atoms with E-state index in [4.69, 9.17) is 4.74 Å². The molecule has 0 spiro atoms. The van der Waals surface area contributed by atoms with Gasteiger partial charge in [0, 0.05) is 0 Å². The van der Waals surface area contributed by atoms with Crippen molar-refractivity contribution in [2.75, 3.05) is 6.61 Å². The van der Waals surface area contributed by atoms with Crippen LogP contribution in [0, 0.1) is 29.6 Å². The quantitative estimate of drug-likeness (QED) is 0.617. The van der Waals surface area contributed by atoms with Gasteiger partial charge in [0.05, 0.1) is 12.5 Å². The van der Waals surface area contributed by atoms with Gasteiger partial charge in [-0.2, -0.15) is 0 Å². The molecule has 0 aromatic rings. The van der Waals surface area contributed by atoms with Crippen LogP contribution in [0.15, 0.2) is 0 Å². The Kier molecular flexibility index (Phi) is 6.42. The number of hydrogen-bond donors (Lipinski definition) is 0. The summed E-state index contributed by atoms with van der Waals surface area (Å²) >= 11 is 0. The standard InChI is InChI=1S/C21H36O2/c1-16-6-5-9-20(14-16)18-10-12-19(13-11-18)21(22)23-15-17-7-3-2-4-8-17/h16-20H,2-15H2,1H3. The minimum atomic E-state index is 0.117. The summed E-state index contributed by atoms with van der Waals surface area (Å²) in [6, 6.07) is 0. The summed E-state index contributed by atoms with van der Waals surface area (Å²) in [6.45, 7) is 3.11. The summed E-state index contributed by atoms with van der Waals surface area (Å²) in [5, 5.41) is 0. The van der Waals surface area contributed by atoms with Crippen LogP contribution in [0.2, 0.25) is 0 Å². The van der Waals surface area contributed by atoms with Crippen molar-refractivity contribution in [2.24, 2.45) is 29.6 Å². The zero-order chi connectivity index (χ0) is 16.1. The molecule has 0 aliphatic heterocycles. The normalized spacial score (nSPS) is 36.6. The van der Waals surface area contributed by atoms with Crippen molar-refractivity contribution in [2.45, 2.75) is 90.4 Å². The first-order chi connectivity index (χ1) is 11.2. The van der Waals surface area contributed by atoms with Crippen LogP contribution in [0.3, 0.4) is 0 Å². The highest BCUT2D eigenvalue weighted by molar-refractivity contribution is 5.72. The topological polar surface area (TPSA) is 26.3 Å². The van der Waals surface area contributed by atoms with E-state index in [0.717, 1.165) is 30.6 Å². The lowest BCUT2D eigenvalue weighted by Crippen LogP contribution is -2.30. The summed E-state index contributed by atoms with van der Waals surface area (Å²) in [6.07, 6.45) is 17.0. The van der Waals surface area contributed by atoms with Crippen LogP contribution < -0.4 is 0 Å². The lowest BCUT2D eigenvalue weighted by atomic mass is 9.69. The van der Waals surface area contributed by atoms with Crippen LogP contribution in [0.5, 0.6) is 0 Å². The second-order valence-corrected chi connectivity index (χ2v) is 8.78. The Bertz CT molecular complexity index is 364. The third kappa shape index (κ3) is 4.97. The van der Waals surface area contributed by atoms with E-state index < -0.39 is 0 Å². The molecule has 132 valence electrons. The molecule has 2 atom stereocenters. The second-order valence-electron chi connectivity index (χ2n) is 8.78. The van der Waals surface area contributed by atoms with Crippen molar-refractivity contribution < 1.29 is 9.53 Å². The number of ether oxygens (including phenoxy) is 1. The first kappa shape index (κ1) is 17.3. The number of carbonyl (C=O) groups excluding carboxylic acids is 1. The molecule has 0 aromatic carbocycles. The van der Waals surface area contributed by atoms with Crippen molar-refractivity contribution in [1.82, 2.24) is 0 Å². The van der Waals surface area contributed by atoms with Gasteiger partial charge in [-0.3, -0.25) is 4.79 Å². The van der Waals surface area contributed by atoms with Crippen LogP contribution >= 0.6 is 0 Å². The maximum Gasteiger partial charge on any atom is 0.308 e. The highest BCUT2D eigenvalue weighted by atomic mass is 16.5. The van der Waals surface area contributed by atoms with E-state index in [1.165, 1.54) is 70.6 Å². The molecule has 3 fully saturated rings. The van der Waals surface area contributed by atoms with Gasteiger partial charge in [0.25, 0.3) is 0 Å². The van der Waals surface area contributed by atoms with Crippen molar-refractivity contribution in [3.63, 3.8) is 0 Å². The summed E-state index contributed by atoms with van der Waals surface area (Å²) in [4.78, 5) is 12.4. The first-order valence-corrected chi connectivity index (χ1v) is 10.4. The lowest BCUT2D eigenvalue weighted by Gasteiger charge is -2.37. The van der Waals surface area contributed by atoms with Crippen molar-refractivity contribution >= 4 is 5.97 Å². The SMILES string of the molecule is CC1CCCC(C2CCC(C(=O)OCC3CCCCC3)CC2)C1. The van der Waals surface area contributed by atoms with E-state index in [1.54, 1.807) is 0 Å². The predicted octanol–water partition coefficient (Wildman–Crippen LogP) is 5.74. The van der Waals surface area contributed by atoms with E-state index in [2.05, 4.69) is 6.92 Å². The molecular weight excluding hydrogens is 284 g/mol. The molecule has 0 saturated heterocycles. The Balaban J connectivity index is 1.37. The average molecular weight is 321 g/mol. The zero-order valence-corrected chi connectivity index (χ0v) is 15.1. The van der Waals surface area contributed by atoms with E-state index in [1.807, 2.05) is 0 Å². The Morgan fingerprint density at radius 1 is 0.826 bits per heavy atom. The third-order valence-corrected chi connectivity index (χ3v) is 6.93. The molecule has 2 nitrogen and oxygen atoms in total. The molecule has 0 amide bonds. The van der Waals surface area contributed by atoms with Crippen molar-refractivity contribution in [3.8, 4) is 0 Å². The van der Waals surface area contributed by atoms with Gasteiger partial charge < -0.3 is 4.74 Å². The molecule has 3 saturated carbocycles. The molecule has 3 rings (SSSR count). The van der Waals surface area contributed by atoms with E-state index in [9.17, 15) is 4.79 Å². The maximum atomic E-state index is 12.4. The van der Waals surface area contributed by atoms with Gasteiger partial charge in [0.15, 0.2) is 0 Å². The molecule has 2 unspecified atom stereocenters. The van der Waals surface area contributed by atoms with Crippen LogP contribution in [0.25, 0.3) is 0 Å². The zero-order valence-electron chi connectivity index (χ0n) is 15.1. The average Bonchev–Trinajstić information content (AvgIpc) is 2.61. The molecule has 0 heterocycles. The molecule has 0 N–H and O–H groups in total. The molecule has 0 bridgehead atoms. The molecule has 2 heteroatoms. The third-order valence-electron chi connectivity index (χ3n) is 6.93. The number of rotatable bonds is 4. The molecular formula is C21H36O2. The monoisotopic (exact) mass is 320 g/mol. The molecule has 0 radical (unpaired) electrons. The molecule has 23 heavy (non-hydrogen) atoms. The van der Waals surface area contributed by atoms with E-state index >= 15 is 0 Å². The Labute approximate surface area is 142 Å². The van der Waals surface area contributed by atoms with Crippen LogP contribution in [0.1, 0.15) is 90.4 Å². The Hall–Kier alpha value is -0.530. The van der Waals surface area contributed by atoms with Crippen LogP contribution in [-0.2, 0) is 9.53 Å². The summed E-state index contributed by atoms with van der Waals surface area (Å²) < 4.78 is 5.68. The Morgan fingerprint density at radius 3 is 2.26 bits per heavy atom. The van der Waals surface area contributed by atoms with Gasteiger partial charge in [-0.1, -0.05) is 45.4 Å². The second kappa shape index (κ2) is 8.53. The number of hydrogen-bond acceptors (Lipinski definition) is 2.